The van der Waals surface area contributed by atoms with Crippen LogP contribution < -0.4 is 0 Å². The van der Waals surface area contributed by atoms with Crippen molar-refractivity contribution < 1.29 is 1.37 Å². The Labute approximate surface area is 85.4 Å². The third-order valence-electron chi connectivity index (χ3n) is 1.75. The van der Waals surface area contributed by atoms with E-state index in [1.54, 1.807) is 0 Å². The van der Waals surface area contributed by atoms with Gasteiger partial charge >= 0.3 is 85.0 Å². The van der Waals surface area contributed by atoms with Gasteiger partial charge in [-0.1, -0.05) is 0 Å². The fraction of sp³-hybridized carbons (Fsp3) is 0.818. The van der Waals surface area contributed by atoms with Crippen molar-refractivity contribution in [2.75, 3.05) is 0 Å². The van der Waals surface area contributed by atoms with Crippen LogP contribution in [0.3, 0.4) is 0 Å². The zero-order valence-corrected chi connectivity index (χ0v) is 10.4. The van der Waals surface area contributed by atoms with Crippen molar-refractivity contribution in [3.63, 3.8) is 0 Å². The van der Waals surface area contributed by atoms with E-state index in [4.69, 9.17) is 1.37 Å². The first-order valence-electron chi connectivity index (χ1n) is 5.51. The van der Waals surface area contributed by atoms with Crippen molar-refractivity contribution in [1.29, 1.82) is 0 Å². The summed E-state index contributed by atoms with van der Waals surface area (Å²) in [4.78, 5) is 0.953. The molecule has 12 heavy (non-hydrogen) atoms. The minimum absolute atomic E-state index is 0.452. The van der Waals surface area contributed by atoms with Crippen LogP contribution in [0.25, 0.3) is 0 Å². The maximum atomic E-state index is 7.84. The second-order valence-electron chi connectivity index (χ2n) is 3.19. The molecule has 0 radical (unpaired) electrons. The third kappa shape index (κ3) is 8.36. The van der Waals surface area contributed by atoms with Crippen molar-refractivity contribution in [1.82, 2.24) is 0 Å². The summed E-state index contributed by atoms with van der Waals surface area (Å²) in [5, 5.41) is 1.26. The van der Waals surface area contributed by atoms with Gasteiger partial charge in [-0.2, -0.15) is 0 Å². The zero-order valence-electron chi connectivity index (χ0n) is 9.65. The van der Waals surface area contributed by atoms with E-state index in [2.05, 4.69) is 20.8 Å². The van der Waals surface area contributed by atoms with Crippen LogP contribution in [0, 0.1) is 0 Å². The van der Waals surface area contributed by atoms with Gasteiger partial charge in [-0.25, -0.2) is 0 Å². The third-order valence-corrected chi connectivity index (χ3v) is 3.82. The van der Waals surface area contributed by atoms with Crippen LogP contribution in [-0.4, -0.2) is 15.0 Å². The fourth-order valence-corrected chi connectivity index (χ4v) is 2.74. The van der Waals surface area contributed by atoms with Crippen molar-refractivity contribution in [3.05, 3.63) is 10.5 Å². The van der Waals surface area contributed by atoms with Crippen LogP contribution in [0.1, 0.15) is 54.2 Å². The minimum atomic E-state index is 0.452. The Bertz CT molecular complexity index is 152. The SMILES string of the molecule is [2H]/C([Se]CCCC)=C(\C)CCCC. The van der Waals surface area contributed by atoms with Gasteiger partial charge in [0.2, 0.25) is 0 Å². The van der Waals surface area contributed by atoms with Gasteiger partial charge in [-0.3, -0.25) is 0 Å². The summed E-state index contributed by atoms with van der Waals surface area (Å²) in [6, 6.07) is 0. The zero-order chi connectivity index (χ0) is 10.1. The van der Waals surface area contributed by atoms with E-state index in [0.29, 0.717) is 15.0 Å². The van der Waals surface area contributed by atoms with Gasteiger partial charge < -0.3 is 0 Å². The van der Waals surface area contributed by atoms with Gasteiger partial charge in [0.15, 0.2) is 0 Å². The van der Waals surface area contributed by atoms with Gasteiger partial charge in [0.25, 0.3) is 0 Å². The monoisotopic (exact) mass is 235 g/mol. The molecular weight excluding hydrogens is 211 g/mol. The van der Waals surface area contributed by atoms with Crippen LogP contribution in [0.5, 0.6) is 0 Å². The molecule has 0 saturated carbocycles. The number of hydrogen-bond donors (Lipinski definition) is 0. The van der Waals surface area contributed by atoms with E-state index >= 15 is 0 Å². The Hall–Kier alpha value is 0.259. The van der Waals surface area contributed by atoms with Crippen molar-refractivity contribution >= 4 is 15.0 Å². The summed E-state index contributed by atoms with van der Waals surface area (Å²) in [5.74, 6) is 0. The molecule has 0 spiro atoms. The molecule has 0 aromatic carbocycles. The van der Waals surface area contributed by atoms with E-state index in [0.717, 1.165) is 11.4 Å². The quantitative estimate of drug-likeness (QED) is 0.461. The molecular formula is C11H22Se. The number of allylic oxidation sites excluding steroid dienone is 1. The first-order chi connectivity index (χ1) is 6.22. The molecule has 72 valence electrons. The molecule has 0 N–H and O–H groups in total. The van der Waals surface area contributed by atoms with Crippen LogP contribution in [0.2, 0.25) is 5.32 Å². The van der Waals surface area contributed by atoms with E-state index in [9.17, 15) is 0 Å². The Kier molecular flexibility index (Phi) is 8.06. The molecule has 0 unspecified atom stereocenters. The number of rotatable bonds is 7. The summed E-state index contributed by atoms with van der Waals surface area (Å²) >= 11 is 0.452. The van der Waals surface area contributed by atoms with Crippen molar-refractivity contribution in [2.45, 2.75) is 58.2 Å². The van der Waals surface area contributed by atoms with Gasteiger partial charge in [0.1, 0.15) is 0 Å². The van der Waals surface area contributed by atoms with E-state index in [1.165, 1.54) is 36.6 Å². The summed E-state index contributed by atoms with van der Waals surface area (Å²) in [6.07, 6.45) is 6.19. The van der Waals surface area contributed by atoms with E-state index < -0.39 is 0 Å². The van der Waals surface area contributed by atoms with Crippen LogP contribution in [0.4, 0.5) is 0 Å². The van der Waals surface area contributed by atoms with Crippen molar-refractivity contribution in [2.24, 2.45) is 0 Å². The number of unbranched alkanes of at least 4 members (excludes halogenated alkanes) is 2. The average molecular weight is 234 g/mol. The Balaban J connectivity index is 3.67. The Morgan fingerprint density at radius 3 is 2.58 bits per heavy atom. The molecule has 0 aromatic heterocycles. The molecule has 0 atom stereocenters. The first kappa shape index (κ1) is 10.3. The fourth-order valence-electron chi connectivity index (χ4n) is 0.884. The summed E-state index contributed by atoms with van der Waals surface area (Å²) < 4.78 is 7.84. The van der Waals surface area contributed by atoms with E-state index in [-0.39, 0.29) is 0 Å². The van der Waals surface area contributed by atoms with E-state index in [1.807, 2.05) is 0 Å². The molecule has 0 aromatic rings. The van der Waals surface area contributed by atoms with Gasteiger partial charge in [0, 0.05) is 0 Å². The van der Waals surface area contributed by atoms with Crippen molar-refractivity contribution in [3.8, 4) is 0 Å². The first-order valence-corrected chi connectivity index (χ1v) is 7.08. The molecule has 0 heterocycles. The number of hydrogen-bond acceptors (Lipinski definition) is 0. The molecule has 0 rings (SSSR count). The van der Waals surface area contributed by atoms with Gasteiger partial charge in [-0.05, 0) is 0 Å². The molecule has 0 nitrogen and oxygen atoms in total. The van der Waals surface area contributed by atoms with Crippen LogP contribution in [0.15, 0.2) is 10.5 Å². The molecule has 1 heteroatoms. The standard InChI is InChI=1S/C11H22Se/c1-4-6-8-11(3)10-12-9-7-5-2/h10H,4-9H2,1-3H3/b11-10-/i10D. The van der Waals surface area contributed by atoms with Crippen LogP contribution >= 0.6 is 0 Å². The second kappa shape index (κ2) is 9.35. The predicted octanol–water partition coefficient (Wildman–Crippen LogP) is 4.00. The Morgan fingerprint density at radius 1 is 1.33 bits per heavy atom. The maximum absolute atomic E-state index is 7.84. The molecule has 0 amide bonds. The summed E-state index contributed by atoms with van der Waals surface area (Å²) in [7, 11) is 0. The molecule has 0 aliphatic rings. The molecule has 0 bridgehead atoms. The summed E-state index contributed by atoms with van der Waals surface area (Å²) in [6.45, 7) is 6.55. The predicted molar refractivity (Wildman–Crippen MR) is 58.8 cm³/mol. The summed E-state index contributed by atoms with van der Waals surface area (Å²) in [5.41, 5.74) is 1.33. The normalized spacial score (nSPS) is 14.1. The molecule has 0 fully saturated rings. The average Bonchev–Trinajstić information content (AvgIpc) is 2.14. The molecule has 0 aliphatic heterocycles. The topological polar surface area (TPSA) is 0 Å². The van der Waals surface area contributed by atoms with Crippen LogP contribution in [-0.2, 0) is 0 Å². The van der Waals surface area contributed by atoms with Gasteiger partial charge in [0.05, 0.1) is 0 Å². The van der Waals surface area contributed by atoms with Gasteiger partial charge in [-0.15, -0.1) is 0 Å². The second-order valence-corrected chi connectivity index (χ2v) is 5.08. The Morgan fingerprint density at radius 2 is 2.00 bits per heavy atom. The molecule has 0 saturated heterocycles. The molecule has 0 aliphatic carbocycles.